The van der Waals surface area contributed by atoms with Crippen molar-refractivity contribution in [2.24, 2.45) is 0 Å². The highest BCUT2D eigenvalue weighted by Crippen LogP contribution is 2.35. The van der Waals surface area contributed by atoms with Crippen LogP contribution in [-0.2, 0) is 0 Å². The Labute approximate surface area is 109 Å². The molecule has 0 saturated heterocycles. The van der Waals surface area contributed by atoms with Gasteiger partial charge in [0.1, 0.15) is 0 Å². The summed E-state index contributed by atoms with van der Waals surface area (Å²) < 4.78 is 41.0. The molecule has 104 valence electrons. The van der Waals surface area contributed by atoms with Crippen molar-refractivity contribution in [3.8, 4) is 5.75 Å². The minimum Gasteiger partial charge on any atom is -0.404 e. The third-order valence-corrected chi connectivity index (χ3v) is 3.36. The Balaban J connectivity index is 2.48. The van der Waals surface area contributed by atoms with Crippen molar-refractivity contribution in [2.45, 2.75) is 39.0 Å². The minimum atomic E-state index is -4.67. The molecule has 19 heavy (non-hydrogen) atoms. The fourth-order valence-electron chi connectivity index (χ4n) is 2.42. The predicted octanol–water partition coefficient (Wildman–Crippen LogP) is 4.97. The molecule has 1 aromatic heterocycles. The monoisotopic (exact) mass is 271 g/mol. The summed E-state index contributed by atoms with van der Waals surface area (Å²) in [5.74, 6) is 0.164. The third-order valence-electron chi connectivity index (χ3n) is 3.36. The highest BCUT2D eigenvalue weighted by atomic mass is 19.4. The van der Waals surface area contributed by atoms with Crippen LogP contribution in [0.5, 0.6) is 5.75 Å². The van der Waals surface area contributed by atoms with Gasteiger partial charge in [0.15, 0.2) is 5.75 Å². The number of hydrogen-bond acceptors (Lipinski definition) is 1. The number of fused-ring (bicyclic) bond motifs is 1. The fourth-order valence-corrected chi connectivity index (χ4v) is 2.42. The first-order valence-corrected chi connectivity index (χ1v) is 6.32. The van der Waals surface area contributed by atoms with Gasteiger partial charge in [-0.25, -0.2) is 0 Å². The van der Waals surface area contributed by atoms with E-state index in [9.17, 15) is 13.2 Å². The molecule has 1 aromatic carbocycles. The number of hydrogen-bond donors (Lipinski definition) is 1. The third kappa shape index (κ3) is 2.85. The van der Waals surface area contributed by atoms with Crippen LogP contribution in [0.1, 0.15) is 38.2 Å². The summed E-state index contributed by atoms with van der Waals surface area (Å²) in [7, 11) is 0. The molecule has 0 unspecified atom stereocenters. The number of para-hydroxylation sites is 1. The number of nitrogens with one attached hydrogen (secondary N) is 1. The van der Waals surface area contributed by atoms with Crippen LogP contribution >= 0.6 is 0 Å². The number of aromatic nitrogens is 1. The second kappa shape index (κ2) is 5.15. The molecule has 0 aliphatic carbocycles. The molecule has 2 rings (SSSR count). The standard InChI is InChI=1S/C14H16F3NO/c1-3-9(4-2)11-8-18-13-10(11)6-5-7-12(13)19-14(15,16)17/h5-9,18H,3-4H2,1-2H3. The summed E-state index contributed by atoms with van der Waals surface area (Å²) in [6.07, 6.45) is -0.984. The van der Waals surface area contributed by atoms with Crippen molar-refractivity contribution >= 4 is 10.9 Å². The Bertz CT molecular complexity index is 555. The molecule has 0 atom stereocenters. The maximum atomic E-state index is 12.3. The summed E-state index contributed by atoms with van der Waals surface area (Å²) in [5, 5.41) is 0.801. The summed E-state index contributed by atoms with van der Waals surface area (Å²) in [5.41, 5.74) is 1.45. The molecule has 5 heteroatoms. The molecule has 0 amide bonds. The molecule has 0 radical (unpaired) electrons. The van der Waals surface area contributed by atoms with Crippen LogP contribution in [0.3, 0.4) is 0 Å². The van der Waals surface area contributed by atoms with Crippen LogP contribution in [0, 0.1) is 0 Å². The molecular weight excluding hydrogens is 255 g/mol. The van der Waals surface area contributed by atoms with Crippen molar-refractivity contribution < 1.29 is 17.9 Å². The number of rotatable bonds is 4. The average molecular weight is 271 g/mol. The molecule has 1 N–H and O–H groups in total. The van der Waals surface area contributed by atoms with Crippen LogP contribution in [0.4, 0.5) is 13.2 Å². The van der Waals surface area contributed by atoms with E-state index < -0.39 is 6.36 Å². The van der Waals surface area contributed by atoms with E-state index in [4.69, 9.17) is 0 Å². The van der Waals surface area contributed by atoms with Gasteiger partial charge in [0, 0.05) is 11.6 Å². The predicted molar refractivity (Wildman–Crippen MR) is 68.3 cm³/mol. The van der Waals surface area contributed by atoms with E-state index in [1.54, 1.807) is 12.3 Å². The van der Waals surface area contributed by atoms with Crippen LogP contribution in [-0.4, -0.2) is 11.3 Å². The van der Waals surface area contributed by atoms with Gasteiger partial charge in [-0.15, -0.1) is 13.2 Å². The first kappa shape index (κ1) is 13.8. The van der Waals surface area contributed by atoms with Gasteiger partial charge in [0.2, 0.25) is 0 Å². The minimum absolute atomic E-state index is 0.179. The highest BCUT2D eigenvalue weighted by molar-refractivity contribution is 5.88. The average Bonchev–Trinajstić information content (AvgIpc) is 2.74. The summed E-state index contributed by atoms with van der Waals surface area (Å²) in [6.45, 7) is 4.14. The normalized spacial score (nSPS) is 12.3. The van der Waals surface area contributed by atoms with E-state index in [-0.39, 0.29) is 5.75 Å². The van der Waals surface area contributed by atoms with Crippen molar-refractivity contribution in [3.63, 3.8) is 0 Å². The molecule has 0 fully saturated rings. The molecular formula is C14H16F3NO. The van der Waals surface area contributed by atoms with Crippen molar-refractivity contribution in [3.05, 3.63) is 30.0 Å². The van der Waals surface area contributed by atoms with Gasteiger partial charge in [-0.2, -0.15) is 0 Å². The molecule has 0 bridgehead atoms. The molecule has 0 aliphatic heterocycles. The largest absolute Gasteiger partial charge is 0.573 e. The van der Waals surface area contributed by atoms with Crippen LogP contribution in [0.2, 0.25) is 0 Å². The number of benzene rings is 1. The number of ether oxygens (including phenoxy) is 1. The van der Waals surface area contributed by atoms with Crippen LogP contribution < -0.4 is 4.74 Å². The van der Waals surface area contributed by atoms with Crippen LogP contribution in [0.25, 0.3) is 10.9 Å². The van der Waals surface area contributed by atoms with Crippen molar-refractivity contribution in [1.82, 2.24) is 4.98 Å². The molecule has 0 aliphatic rings. The Morgan fingerprint density at radius 2 is 1.89 bits per heavy atom. The second-order valence-electron chi connectivity index (χ2n) is 4.48. The number of H-pyrrole nitrogens is 1. The summed E-state index contributed by atoms with van der Waals surface area (Å²) in [4.78, 5) is 2.90. The molecule has 0 spiro atoms. The Kier molecular flexibility index (Phi) is 3.73. The number of alkyl halides is 3. The first-order chi connectivity index (χ1) is 8.96. The van der Waals surface area contributed by atoms with E-state index in [1.807, 2.05) is 6.07 Å². The smallest absolute Gasteiger partial charge is 0.404 e. The zero-order valence-electron chi connectivity index (χ0n) is 10.8. The lowest BCUT2D eigenvalue weighted by Crippen LogP contribution is -2.17. The summed E-state index contributed by atoms with van der Waals surface area (Å²) >= 11 is 0. The van der Waals surface area contributed by atoms with Crippen molar-refractivity contribution in [2.75, 3.05) is 0 Å². The van der Waals surface area contributed by atoms with Gasteiger partial charge in [0.25, 0.3) is 0 Å². The highest BCUT2D eigenvalue weighted by Gasteiger charge is 2.32. The van der Waals surface area contributed by atoms with E-state index in [1.165, 1.54) is 6.07 Å². The van der Waals surface area contributed by atoms with E-state index in [2.05, 4.69) is 23.6 Å². The van der Waals surface area contributed by atoms with Gasteiger partial charge in [-0.1, -0.05) is 26.0 Å². The Morgan fingerprint density at radius 1 is 1.21 bits per heavy atom. The topological polar surface area (TPSA) is 25.0 Å². The quantitative estimate of drug-likeness (QED) is 0.834. The van der Waals surface area contributed by atoms with Crippen molar-refractivity contribution in [1.29, 1.82) is 0 Å². The first-order valence-electron chi connectivity index (χ1n) is 6.32. The zero-order chi connectivity index (χ0) is 14.0. The van der Waals surface area contributed by atoms with Gasteiger partial charge in [0.05, 0.1) is 5.52 Å². The number of aromatic amines is 1. The lowest BCUT2D eigenvalue weighted by molar-refractivity contribution is -0.274. The SMILES string of the molecule is CCC(CC)c1c[nH]c2c(OC(F)(F)F)cccc12. The lowest BCUT2D eigenvalue weighted by Gasteiger charge is -2.12. The summed E-state index contributed by atoms with van der Waals surface area (Å²) in [6, 6.07) is 4.73. The Morgan fingerprint density at radius 3 is 2.47 bits per heavy atom. The van der Waals surface area contributed by atoms with E-state index in [0.29, 0.717) is 11.4 Å². The molecule has 1 heterocycles. The lowest BCUT2D eigenvalue weighted by atomic mass is 9.94. The number of halogens is 3. The van der Waals surface area contributed by atoms with Gasteiger partial charge < -0.3 is 9.72 Å². The second-order valence-corrected chi connectivity index (χ2v) is 4.48. The van der Waals surface area contributed by atoms with E-state index in [0.717, 1.165) is 23.8 Å². The fraction of sp³-hybridized carbons (Fsp3) is 0.429. The zero-order valence-corrected chi connectivity index (χ0v) is 10.8. The van der Waals surface area contributed by atoms with E-state index >= 15 is 0 Å². The Hall–Kier alpha value is -1.65. The maximum Gasteiger partial charge on any atom is 0.573 e. The van der Waals surface area contributed by atoms with Gasteiger partial charge in [-0.05, 0) is 30.4 Å². The molecule has 0 saturated carbocycles. The van der Waals surface area contributed by atoms with Gasteiger partial charge in [-0.3, -0.25) is 0 Å². The molecule has 2 nitrogen and oxygen atoms in total. The van der Waals surface area contributed by atoms with Crippen LogP contribution in [0.15, 0.2) is 24.4 Å². The van der Waals surface area contributed by atoms with Gasteiger partial charge >= 0.3 is 6.36 Å². The maximum absolute atomic E-state index is 12.3. The molecule has 2 aromatic rings.